The molecule has 0 spiro atoms. The van der Waals surface area contributed by atoms with Crippen LogP contribution in [0.2, 0.25) is 0 Å². The first-order chi connectivity index (χ1) is 12.5. The zero-order valence-electron chi connectivity index (χ0n) is 14.1. The molecule has 0 saturated heterocycles. The number of nitrogens with two attached hydrogens (primary N) is 1. The minimum absolute atomic E-state index is 0.158. The van der Waals surface area contributed by atoms with E-state index in [0.29, 0.717) is 22.9 Å². The van der Waals surface area contributed by atoms with E-state index >= 15 is 0 Å². The predicted octanol–water partition coefficient (Wildman–Crippen LogP) is 4.45. The molecule has 1 aromatic heterocycles. The average Bonchev–Trinajstić information content (AvgIpc) is 2.70. The summed E-state index contributed by atoms with van der Waals surface area (Å²) in [5.74, 6) is 0. The van der Waals surface area contributed by atoms with Crippen molar-refractivity contribution < 1.29 is 26.3 Å². The molecule has 0 bridgehead atoms. The van der Waals surface area contributed by atoms with Gasteiger partial charge in [-0.2, -0.15) is 26.3 Å². The summed E-state index contributed by atoms with van der Waals surface area (Å²) in [6.45, 7) is 0.226. The second kappa shape index (κ2) is 6.56. The number of alkyl halides is 6. The Morgan fingerprint density at radius 1 is 1.04 bits per heavy atom. The van der Waals surface area contributed by atoms with Crippen LogP contribution in [-0.2, 0) is 12.4 Å². The van der Waals surface area contributed by atoms with E-state index in [0.717, 1.165) is 6.07 Å². The third-order valence-corrected chi connectivity index (χ3v) is 4.48. The van der Waals surface area contributed by atoms with Gasteiger partial charge in [-0.05, 0) is 42.4 Å². The largest absolute Gasteiger partial charge is 0.416 e. The van der Waals surface area contributed by atoms with Gasteiger partial charge in [0.25, 0.3) is 0 Å². The molecule has 1 aliphatic rings. The lowest BCUT2D eigenvalue weighted by Crippen LogP contribution is -2.28. The number of likely N-dealkylation sites (N-methyl/N-ethyl adjacent to an activating group) is 1. The third-order valence-electron chi connectivity index (χ3n) is 4.48. The molecule has 0 aliphatic carbocycles. The van der Waals surface area contributed by atoms with Crippen LogP contribution in [0.25, 0.3) is 5.70 Å². The van der Waals surface area contributed by atoms with Crippen molar-refractivity contribution in [3.8, 4) is 0 Å². The molecule has 1 aliphatic heterocycles. The van der Waals surface area contributed by atoms with E-state index in [9.17, 15) is 26.3 Å². The lowest BCUT2D eigenvalue weighted by Gasteiger charge is -2.30. The van der Waals surface area contributed by atoms with Crippen molar-refractivity contribution in [1.29, 1.82) is 0 Å². The maximum Gasteiger partial charge on any atom is 0.416 e. The Morgan fingerprint density at radius 2 is 1.74 bits per heavy atom. The molecule has 0 radical (unpaired) electrons. The topological polar surface area (TPSA) is 42.1 Å². The first-order valence-corrected chi connectivity index (χ1v) is 7.88. The second-order valence-electron chi connectivity index (χ2n) is 6.26. The molecule has 144 valence electrons. The van der Waals surface area contributed by atoms with E-state index in [1.807, 2.05) is 0 Å². The van der Waals surface area contributed by atoms with Crippen LogP contribution in [0.15, 0.2) is 42.7 Å². The van der Waals surface area contributed by atoms with Crippen molar-refractivity contribution in [3.63, 3.8) is 0 Å². The molecule has 2 N–H and O–H groups in total. The highest BCUT2D eigenvalue weighted by Crippen LogP contribution is 2.43. The molecule has 1 aromatic carbocycles. The summed E-state index contributed by atoms with van der Waals surface area (Å²) >= 11 is 0. The Morgan fingerprint density at radius 3 is 2.37 bits per heavy atom. The molecule has 1 atom stereocenters. The molecule has 1 unspecified atom stereocenters. The maximum atomic E-state index is 13.6. The standard InChI is InChI=1S/C18H15F6N3/c1-27-7-5-15(25)13-9-26-6-4-11(13)16(27)12-3-2-10(17(19,20)21)8-14(12)18(22,23)24/h2-6,8-9,16H,7,25H2,1H3. The van der Waals surface area contributed by atoms with E-state index in [2.05, 4.69) is 4.98 Å². The Balaban J connectivity index is 2.25. The fraction of sp³-hybridized carbons (Fsp3) is 0.278. The Labute approximate surface area is 151 Å². The summed E-state index contributed by atoms with van der Waals surface area (Å²) in [6, 6.07) is 2.31. The molecular formula is C18H15F6N3. The van der Waals surface area contributed by atoms with Crippen molar-refractivity contribution in [1.82, 2.24) is 9.88 Å². The van der Waals surface area contributed by atoms with Gasteiger partial charge in [0.2, 0.25) is 0 Å². The van der Waals surface area contributed by atoms with Crippen LogP contribution in [0.5, 0.6) is 0 Å². The molecule has 3 nitrogen and oxygen atoms in total. The fourth-order valence-corrected chi connectivity index (χ4v) is 3.20. The number of nitrogens with zero attached hydrogens (tertiary/aromatic N) is 2. The summed E-state index contributed by atoms with van der Waals surface area (Å²) in [7, 11) is 1.59. The summed E-state index contributed by atoms with van der Waals surface area (Å²) < 4.78 is 79.7. The highest BCUT2D eigenvalue weighted by molar-refractivity contribution is 5.67. The van der Waals surface area contributed by atoms with Crippen molar-refractivity contribution in [2.45, 2.75) is 18.4 Å². The van der Waals surface area contributed by atoms with E-state index in [-0.39, 0.29) is 18.2 Å². The number of fused-ring (bicyclic) bond motifs is 1. The number of hydrogen-bond acceptors (Lipinski definition) is 3. The van der Waals surface area contributed by atoms with Crippen LogP contribution in [0, 0.1) is 0 Å². The SMILES string of the molecule is CN1CC=C(N)c2cnccc2C1c1ccc(C(F)(F)F)cc1C(F)(F)F. The predicted molar refractivity (Wildman–Crippen MR) is 87.3 cm³/mol. The lowest BCUT2D eigenvalue weighted by atomic mass is 9.90. The number of rotatable bonds is 1. The van der Waals surface area contributed by atoms with E-state index in [1.165, 1.54) is 18.5 Å². The highest BCUT2D eigenvalue weighted by atomic mass is 19.4. The third kappa shape index (κ3) is 3.64. The maximum absolute atomic E-state index is 13.6. The molecule has 2 heterocycles. The number of hydrogen-bond donors (Lipinski definition) is 1. The van der Waals surface area contributed by atoms with Gasteiger partial charge in [-0.3, -0.25) is 9.88 Å². The average molecular weight is 387 g/mol. The Bertz CT molecular complexity index is 885. The first kappa shape index (κ1) is 19.2. The smallest absolute Gasteiger partial charge is 0.398 e. The van der Waals surface area contributed by atoms with Crippen molar-refractivity contribution in [2.24, 2.45) is 5.73 Å². The molecular weight excluding hydrogens is 372 g/mol. The summed E-state index contributed by atoms with van der Waals surface area (Å²) in [6.07, 6.45) is -5.34. The molecule has 9 heteroatoms. The minimum Gasteiger partial charge on any atom is -0.398 e. The molecule has 2 aromatic rings. The van der Waals surface area contributed by atoms with Crippen LogP contribution in [0.4, 0.5) is 26.3 Å². The number of aromatic nitrogens is 1. The molecule has 0 saturated carbocycles. The molecule has 0 fully saturated rings. The van der Waals surface area contributed by atoms with E-state index in [4.69, 9.17) is 5.73 Å². The fourth-order valence-electron chi connectivity index (χ4n) is 3.20. The first-order valence-electron chi connectivity index (χ1n) is 7.88. The van der Waals surface area contributed by atoms with Crippen LogP contribution in [-0.4, -0.2) is 23.5 Å². The van der Waals surface area contributed by atoms with Gasteiger partial charge in [-0.25, -0.2) is 0 Å². The highest BCUT2D eigenvalue weighted by Gasteiger charge is 2.40. The van der Waals surface area contributed by atoms with Gasteiger partial charge >= 0.3 is 12.4 Å². The summed E-state index contributed by atoms with van der Waals surface area (Å²) in [5, 5.41) is 0. The van der Waals surface area contributed by atoms with Crippen LogP contribution in [0.3, 0.4) is 0 Å². The summed E-state index contributed by atoms with van der Waals surface area (Å²) in [5.41, 5.74) is 4.30. The van der Waals surface area contributed by atoms with Crippen LogP contribution in [0.1, 0.15) is 33.9 Å². The van der Waals surface area contributed by atoms with Crippen LogP contribution >= 0.6 is 0 Å². The van der Waals surface area contributed by atoms with Crippen LogP contribution < -0.4 is 5.73 Å². The monoisotopic (exact) mass is 387 g/mol. The number of pyridine rings is 1. The van der Waals surface area contributed by atoms with Gasteiger partial charge < -0.3 is 5.73 Å². The van der Waals surface area contributed by atoms with Gasteiger partial charge in [-0.1, -0.05) is 6.07 Å². The zero-order chi connectivity index (χ0) is 20.0. The number of halogens is 6. The summed E-state index contributed by atoms with van der Waals surface area (Å²) in [4.78, 5) is 5.54. The molecule has 3 rings (SSSR count). The van der Waals surface area contributed by atoms with Crippen molar-refractivity contribution >= 4 is 5.70 Å². The van der Waals surface area contributed by atoms with Gasteiger partial charge in [0, 0.05) is 30.2 Å². The zero-order valence-corrected chi connectivity index (χ0v) is 14.1. The van der Waals surface area contributed by atoms with E-state index in [1.54, 1.807) is 18.0 Å². The minimum atomic E-state index is -4.95. The normalized spacial score (nSPS) is 18.6. The molecule has 0 amide bonds. The van der Waals surface area contributed by atoms with E-state index < -0.39 is 29.5 Å². The van der Waals surface area contributed by atoms with Gasteiger partial charge in [0.1, 0.15) is 0 Å². The Kier molecular flexibility index (Phi) is 4.67. The van der Waals surface area contributed by atoms with Gasteiger partial charge in [0.05, 0.1) is 17.2 Å². The Hall–Kier alpha value is -2.55. The van der Waals surface area contributed by atoms with Gasteiger partial charge in [0.15, 0.2) is 0 Å². The molecule has 27 heavy (non-hydrogen) atoms. The lowest BCUT2D eigenvalue weighted by molar-refractivity contribution is -0.143. The van der Waals surface area contributed by atoms with Gasteiger partial charge in [-0.15, -0.1) is 0 Å². The second-order valence-corrected chi connectivity index (χ2v) is 6.26. The van der Waals surface area contributed by atoms with Crippen molar-refractivity contribution in [2.75, 3.05) is 13.6 Å². The quantitative estimate of drug-likeness (QED) is 0.735. The van der Waals surface area contributed by atoms with Crippen molar-refractivity contribution in [3.05, 3.63) is 70.6 Å². The number of benzene rings is 1.